The van der Waals surface area contributed by atoms with E-state index in [4.69, 9.17) is 5.11 Å². The molecular weight excluding hydrogens is 320 g/mol. The van der Waals surface area contributed by atoms with Crippen LogP contribution in [0.2, 0.25) is 0 Å². The molecule has 0 aliphatic carbocycles. The van der Waals surface area contributed by atoms with Gasteiger partial charge in [-0.3, -0.25) is 23.7 Å². The number of nitrogens with zero attached hydrogens (tertiary/aromatic N) is 2. The highest BCUT2D eigenvalue weighted by Gasteiger charge is 2.54. The van der Waals surface area contributed by atoms with Crippen molar-refractivity contribution in [3.05, 3.63) is 35.9 Å². The van der Waals surface area contributed by atoms with E-state index in [2.05, 4.69) is 4.99 Å². The Morgan fingerprint density at radius 1 is 1.26 bits per heavy atom. The van der Waals surface area contributed by atoms with E-state index in [-0.39, 0.29) is 5.71 Å². The molecule has 1 aromatic carbocycles. The molecule has 3 N–H and O–H groups in total. The van der Waals surface area contributed by atoms with E-state index in [1.807, 2.05) is 0 Å². The van der Waals surface area contributed by atoms with Gasteiger partial charge in [0.15, 0.2) is 0 Å². The number of carbonyl (C=O) groups excluding carboxylic acids is 1. The Hall–Kier alpha value is -1.90. The van der Waals surface area contributed by atoms with Gasteiger partial charge in [0, 0.05) is 0 Å². The summed E-state index contributed by atoms with van der Waals surface area (Å²) < 4.78 is 22.5. The van der Waals surface area contributed by atoms with Gasteiger partial charge in [-0.2, -0.15) is 0 Å². The zero-order valence-corrected chi connectivity index (χ0v) is 13.9. The highest BCUT2D eigenvalue weighted by Crippen LogP contribution is 2.64. The second kappa shape index (κ2) is 5.95. The largest absolute Gasteiger partial charge is 0.480 e. The van der Waals surface area contributed by atoms with Crippen molar-refractivity contribution in [1.82, 2.24) is 4.31 Å². The molecule has 1 amide bonds. The molecule has 1 aromatic rings. The van der Waals surface area contributed by atoms with Crippen LogP contribution in [0.4, 0.5) is 0 Å². The SMILES string of the molecule is CC(C)(C)N1C(=O)C(=NCC(=O)O)C(c2ccccc2)S1(O)O. The van der Waals surface area contributed by atoms with Crippen LogP contribution in [0, 0.1) is 0 Å². The fraction of sp³-hybridized carbons (Fsp3) is 0.400. The lowest BCUT2D eigenvalue weighted by Gasteiger charge is -2.46. The number of benzene rings is 1. The van der Waals surface area contributed by atoms with Crippen LogP contribution in [-0.4, -0.2) is 48.2 Å². The van der Waals surface area contributed by atoms with Crippen LogP contribution in [0.25, 0.3) is 0 Å². The average molecular weight is 340 g/mol. The molecule has 1 aliphatic rings. The third-order valence-electron chi connectivity index (χ3n) is 3.33. The molecule has 2 rings (SSSR count). The van der Waals surface area contributed by atoms with E-state index in [1.54, 1.807) is 51.1 Å². The Morgan fingerprint density at radius 2 is 1.83 bits per heavy atom. The van der Waals surface area contributed by atoms with Gasteiger partial charge in [0.25, 0.3) is 5.91 Å². The van der Waals surface area contributed by atoms with Gasteiger partial charge in [0.05, 0.1) is 5.54 Å². The molecular formula is C15H20N2O5S. The van der Waals surface area contributed by atoms with Crippen LogP contribution in [0.15, 0.2) is 35.3 Å². The van der Waals surface area contributed by atoms with Crippen LogP contribution < -0.4 is 0 Å². The number of aliphatic imine (C=N–C) groups is 1. The average Bonchev–Trinajstić information content (AvgIpc) is 2.62. The second-order valence-corrected chi connectivity index (χ2v) is 8.18. The molecule has 1 atom stereocenters. The number of aliphatic carboxylic acids is 1. The van der Waals surface area contributed by atoms with Crippen LogP contribution in [0.5, 0.6) is 0 Å². The number of carboxylic acids is 1. The summed E-state index contributed by atoms with van der Waals surface area (Å²) in [6, 6.07) is 8.51. The molecule has 8 heteroatoms. The van der Waals surface area contributed by atoms with E-state index in [0.29, 0.717) is 5.56 Å². The summed E-state index contributed by atoms with van der Waals surface area (Å²) in [5.74, 6) is -1.84. The molecule has 0 bridgehead atoms. The van der Waals surface area contributed by atoms with E-state index >= 15 is 0 Å². The minimum Gasteiger partial charge on any atom is -0.480 e. The summed E-state index contributed by atoms with van der Waals surface area (Å²) in [5, 5.41) is 7.76. The van der Waals surface area contributed by atoms with Crippen LogP contribution in [0.1, 0.15) is 31.6 Å². The van der Waals surface area contributed by atoms with Crippen molar-refractivity contribution in [2.45, 2.75) is 31.6 Å². The number of carboxylic acid groups (broad SMARTS) is 1. The monoisotopic (exact) mass is 340 g/mol. The molecule has 0 aromatic heterocycles. The van der Waals surface area contributed by atoms with Gasteiger partial charge >= 0.3 is 5.97 Å². The molecule has 0 spiro atoms. The zero-order chi connectivity index (χ0) is 17.4. The minimum absolute atomic E-state index is 0.131. The second-order valence-electron chi connectivity index (χ2n) is 6.22. The quantitative estimate of drug-likeness (QED) is 0.783. The fourth-order valence-corrected chi connectivity index (χ4v) is 4.92. The summed E-state index contributed by atoms with van der Waals surface area (Å²) in [6.45, 7) is 4.45. The van der Waals surface area contributed by atoms with Crippen molar-refractivity contribution in [3.8, 4) is 0 Å². The number of rotatable bonds is 3. The highest BCUT2D eigenvalue weighted by atomic mass is 32.3. The third-order valence-corrected chi connectivity index (χ3v) is 5.71. The predicted molar refractivity (Wildman–Crippen MR) is 88.6 cm³/mol. The molecule has 1 aliphatic heterocycles. The Morgan fingerprint density at radius 3 is 2.30 bits per heavy atom. The topological polar surface area (TPSA) is 110 Å². The summed E-state index contributed by atoms with van der Waals surface area (Å²) in [4.78, 5) is 27.3. The van der Waals surface area contributed by atoms with E-state index in [0.717, 1.165) is 4.31 Å². The number of hydrogen-bond acceptors (Lipinski definition) is 5. The molecule has 1 saturated heterocycles. The maximum Gasteiger partial charge on any atom is 0.325 e. The Balaban J connectivity index is 2.60. The van der Waals surface area contributed by atoms with Crippen molar-refractivity contribution >= 4 is 28.4 Å². The number of carbonyl (C=O) groups is 2. The predicted octanol–water partition coefficient (Wildman–Crippen LogP) is 2.56. The molecule has 0 radical (unpaired) electrons. The normalized spacial score (nSPS) is 24.0. The third kappa shape index (κ3) is 3.24. The molecule has 1 unspecified atom stereocenters. The molecule has 1 heterocycles. The molecule has 7 nitrogen and oxygen atoms in total. The van der Waals surface area contributed by atoms with Crippen molar-refractivity contribution in [2.24, 2.45) is 4.99 Å². The molecule has 126 valence electrons. The van der Waals surface area contributed by atoms with Crippen LogP contribution >= 0.6 is 10.8 Å². The zero-order valence-electron chi connectivity index (χ0n) is 13.1. The maximum absolute atomic E-state index is 12.7. The van der Waals surface area contributed by atoms with E-state index in [9.17, 15) is 18.7 Å². The van der Waals surface area contributed by atoms with Gasteiger partial charge in [-0.25, -0.2) is 4.31 Å². The first-order valence-electron chi connectivity index (χ1n) is 6.99. The van der Waals surface area contributed by atoms with Crippen molar-refractivity contribution in [3.63, 3.8) is 0 Å². The lowest BCUT2D eigenvalue weighted by atomic mass is 10.1. The fourth-order valence-electron chi connectivity index (χ4n) is 2.57. The Labute approximate surface area is 136 Å². The van der Waals surface area contributed by atoms with Gasteiger partial charge in [-0.05, 0) is 26.3 Å². The maximum atomic E-state index is 12.7. The van der Waals surface area contributed by atoms with Gasteiger partial charge in [0.1, 0.15) is 17.5 Å². The van der Waals surface area contributed by atoms with E-state index < -0.39 is 40.0 Å². The highest BCUT2D eigenvalue weighted by molar-refractivity contribution is 8.24. The van der Waals surface area contributed by atoms with Crippen molar-refractivity contribution in [2.75, 3.05) is 6.54 Å². The lowest BCUT2D eigenvalue weighted by Crippen LogP contribution is -2.43. The summed E-state index contributed by atoms with van der Waals surface area (Å²) >= 11 is 0. The first kappa shape index (κ1) is 17.5. The standard InChI is InChI=1S/C15H20N2O5S/c1-15(2,3)17-14(20)12(16-9-11(18)19)13(23(17,21)22)10-7-5-4-6-8-10/h4-8,13,21-22H,9H2,1-3H3,(H,18,19). The van der Waals surface area contributed by atoms with Gasteiger partial charge in [-0.1, -0.05) is 30.3 Å². The van der Waals surface area contributed by atoms with Crippen LogP contribution in [-0.2, 0) is 9.59 Å². The van der Waals surface area contributed by atoms with Gasteiger partial charge in [-0.15, -0.1) is 10.8 Å². The Bertz CT molecular complexity index is 652. The van der Waals surface area contributed by atoms with Gasteiger partial charge in [0.2, 0.25) is 0 Å². The molecule has 1 fully saturated rings. The summed E-state index contributed by atoms with van der Waals surface area (Å²) in [5.41, 5.74) is -0.464. The van der Waals surface area contributed by atoms with Crippen molar-refractivity contribution in [1.29, 1.82) is 0 Å². The van der Waals surface area contributed by atoms with Crippen LogP contribution in [0.3, 0.4) is 0 Å². The Kier molecular flexibility index (Phi) is 4.52. The number of hydrogen-bond donors (Lipinski definition) is 3. The first-order chi connectivity index (χ1) is 10.6. The summed E-state index contributed by atoms with van der Waals surface area (Å²) in [6.07, 6.45) is 0. The smallest absolute Gasteiger partial charge is 0.325 e. The molecule has 23 heavy (non-hydrogen) atoms. The summed E-state index contributed by atoms with van der Waals surface area (Å²) in [7, 11) is -3.52. The first-order valence-corrected chi connectivity index (χ1v) is 8.56. The van der Waals surface area contributed by atoms with Gasteiger partial charge < -0.3 is 5.11 Å². The van der Waals surface area contributed by atoms with Crippen molar-refractivity contribution < 1.29 is 23.8 Å². The van der Waals surface area contributed by atoms with E-state index in [1.165, 1.54) is 0 Å². The number of amides is 1. The lowest BCUT2D eigenvalue weighted by molar-refractivity contribution is -0.135. The molecule has 0 saturated carbocycles. The minimum atomic E-state index is -3.52.